The first kappa shape index (κ1) is 14.1. The number of anilines is 1. The lowest BCUT2D eigenvalue weighted by molar-refractivity contribution is -0.170. The SMILES string of the molecule is CCN(C(=O)C(F)(F)F)c1cc(Cl)ncc1Cl. The molecule has 0 saturated carbocycles. The number of carbonyl (C=O) groups is 1. The van der Waals surface area contributed by atoms with E-state index in [-0.39, 0.29) is 22.4 Å². The maximum absolute atomic E-state index is 12.3. The van der Waals surface area contributed by atoms with Crippen molar-refractivity contribution in [3.8, 4) is 0 Å². The van der Waals surface area contributed by atoms with Crippen LogP contribution in [0.5, 0.6) is 0 Å². The number of halogens is 5. The molecule has 0 radical (unpaired) electrons. The zero-order valence-electron chi connectivity index (χ0n) is 8.55. The Morgan fingerprint density at radius 1 is 1.47 bits per heavy atom. The second-order valence-electron chi connectivity index (χ2n) is 3.01. The molecule has 0 aliphatic heterocycles. The van der Waals surface area contributed by atoms with Crippen LogP contribution in [0.3, 0.4) is 0 Å². The number of hydrogen-bond acceptors (Lipinski definition) is 2. The molecule has 0 unspecified atom stereocenters. The van der Waals surface area contributed by atoms with Gasteiger partial charge in [0, 0.05) is 18.8 Å². The molecule has 94 valence electrons. The van der Waals surface area contributed by atoms with Gasteiger partial charge in [0.15, 0.2) is 0 Å². The fraction of sp³-hybridized carbons (Fsp3) is 0.333. The van der Waals surface area contributed by atoms with Gasteiger partial charge in [-0.2, -0.15) is 13.2 Å². The number of pyridine rings is 1. The van der Waals surface area contributed by atoms with Gasteiger partial charge in [-0.25, -0.2) is 4.98 Å². The predicted octanol–water partition coefficient (Wildman–Crippen LogP) is 3.30. The van der Waals surface area contributed by atoms with E-state index >= 15 is 0 Å². The van der Waals surface area contributed by atoms with Gasteiger partial charge in [-0.3, -0.25) is 4.79 Å². The van der Waals surface area contributed by atoms with Crippen molar-refractivity contribution in [2.24, 2.45) is 0 Å². The van der Waals surface area contributed by atoms with Crippen LogP contribution in [0.4, 0.5) is 18.9 Å². The summed E-state index contributed by atoms with van der Waals surface area (Å²) in [7, 11) is 0. The second-order valence-corrected chi connectivity index (χ2v) is 3.80. The van der Waals surface area contributed by atoms with E-state index in [0.717, 1.165) is 12.3 Å². The summed E-state index contributed by atoms with van der Waals surface area (Å²) in [5.41, 5.74) is -0.114. The lowest BCUT2D eigenvalue weighted by Crippen LogP contribution is -2.41. The first-order chi connectivity index (χ1) is 7.77. The van der Waals surface area contributed by atoms with Crippen LogP contribution < -0.4 is 4.90 Å². The van der Waals surface area contributed by atoms with Gasteiger partial charge in [0.05, 0.1) is 10.7 Å². The van der Waals surface area contributed by atoms with Gasteiger partial charge in [0.25, 0.3) is 0 Å². The maximum Gasteiger partial charge on any atom is 0.471 e. The Labute approximate surface area is 105 Å². The van der Waals surface area contributed by atoms with Crippen LogP contribution >= 0.6 is 23.2 Å². The summed E-state index contributed by atoms with van der Waals surface area (Å²) in [5, 5.41) is -0.119. The summed E-state index contributed by atoms with van der Waals surface area (Å²) in [6, 6.07) is 1.11. The number of carbonyl (C=O) groups excluding carboxylic acids is 1. The van der Waals surface area contributed by atoms with E-state index in [0.29, 0.717) is 4.90 Å². The van der Waals surface area contributed by atoms with Crippen LogP contribution in [-0.2, 0) is 4.79 Å². The molecule has 0 spiro atoms. The molecule has 0 aliphatic carbocycles. The van der Waals surface area contributed by atoms with E-state index in [2.05, 4.69) is 4.98 Å². The summed E-state index contributed by atoms with van der Waals surface area (Å²) in [5.74, 6) is -2.00. The molecular weight excluding hydrogens is 280 g/mol. The van der Waals surface area contributed by atoms with E-state index in [4.69, 9.17) is 23.2 Å². The summed E-state index contributed by atoms with van der Waals surface area (Å²) in [4.78, 5) is 15.2. The zero-order chi connectivity index (χ0) is 13.2. The predicted molar refractivity (Wildman–Crippen MR) is 58.3 cm³/mol. The minimum Gasteiger partial charge on any atom is -0.303 e. The van der Waals surface area contributed by atoms with Crippen LogP contribution in [0.25, 0.3) is 0 Å². The van der Waals surface area contributed by atoms with Crippen LogP contribution in [0.2, 0.25) is 10.2 Å². The van der Waals surface area contributed by atoms with Gasteiger partial charge in [0.1, 0.15) is 5.15 Å². The zero-order valence-corrected chi connectivity index (χ0v) is 10.1. The molecule has 1 rings (SSSR count). The van der Waals surface area contributed by atoms with Crippen molar-refractivity contribution in [2.75, 3.05) is 11.4 Å². The molecule has 1 aromatic heterocycles. The molecule has 0 fully saturated rings. The van der Waals surface area contributed by atoms with Crippen molar-refractivity contribution in [1.29, 1.82) is 0 Å². The molecule has 0 N–H and O–H groups in total. The van der Waals surface area contributed by atoms with Gasteiger partial charge in [-0.15, -0.1) is 0 Å². The number of hydrogen-bond donors (Lipinski definition) is 0. The van der Waals surface area contributed by atoms with E-state index in [9.17, 15) is 18.0 Å². The molecule has 17 heavy (non-hydrogen) atoms. The minimum atomic E-state index is -4.96. The number of rotatable bonds is 2. The molecule has 0 aliphatic rings. The lowest BCUT2D eigenvalue weighted by Gasteiger charge is -2.23. The normalized spacial score (nSPS) is 11.4. The van der Waals surface area contributed by atoms with Crippen molar-refractivity contribution in [2.45, 2.75) is 13.1 Å². The van der Waals surface area contributed by atoms with Crippen LogP contribution in [0, 0.1) is 0 Å². The molecule has 3 nitrogen and oxygen atoms in total. The smallest absolute Gasteiger partial charge is 0.303 e. The van der Waals surface area contributed by atoms with Crippen LogP contribution in [0.15, 0.2) is 12.3 Å². The third-order valence-corrected chi connectivity index (χ3v) is 2.39. The molecular formula is C9H7Cl2F3N2O. The highest BCUT2D eigenvalue weighted by molar-refractivity contribution is 6.35. The Balaban J connectivity index is 3.18. The van der Waals surface area contributed by atoms with Crippen molar-refractivity contribution in [3.63, 3.8) is 0 Å². The van der Waals surface area contributed by atoms with Gasteiger partial charge < -0.3 is 4.90 Å². The Morgan fingerprint density at radius 3 is 2.53 bits per heavy atom. The minimum absolute atomic E-state index is 0.0437. The lowest BCUT2D eigenvalue weighted by atomic mass is 10.3. The Morgan fingerprint density at radius 2 is 2.06 bits per heavy atom. The maximum atomic E-state index is 12.3. The van der Waals surface area contributed by atoms with Crippen LogP contribution in [0.1, 0.15) is 6.92 Å². The monoisotopic (exact) mass is 286 g/mol. The number of nitrogens with zero attached hydrogens (tertiary/aromatic N) is 2. The van der Waals surface area contributed by atoms with E-state index in [1.165, 1.54) is 6.92 Å². The van der Waals surface area contributed by atoms with Crippen LogP contribution in [-0.4, -0.2) is 23.6 Å². The molecule has 1 amide bonds. The Bertz CT molecular complexity index is 437. The standard InChI is InChI=1S/C9H7Cl2F3N2O/c1-2-16(8(17)9(12,13)14)6-3-7(11)15-4-5(6)10/h3-4H,2H2,1H3. The first-order valence-electron chi connectivity index (χ1n) is 4.47. The summed E-state index contributed by atoms with van der Waals surface area (Å²) in [6.07, 6.45) is -3.87. The Kier molecular flexibility index (Phi) is 4.21. The van der Waals surface area contributed by atoms with Crippen molar-refractivity contribution >= 4 is 34.8 Å². The average molecular weight is 287 g/mol. The number of alkyl halides is 3. The van der Waals surface area contributed by atoms with Crippen molar-refractivity contribution < 1.29 is 18.0 Å². The number of aromatic nitrogens is 1. The summed E-state index contributed by atoms with van der Waals surface area (Å²) >= 11 is 11.2. The van der Waals surface area contributed by atoms with Gasteiger partial charge >= 0.3 is 12.1 Å². The quantitative estimate of drug-likeness (QED) is 0.782. The second kappa shape index (κ2) is 5.10. The summed E-state index contributed by atoms with van der Waals surface area (Å²) < 4.78 is 37.0. The molecule has 8 heteroatoms. The van der Waals surface area contributed by atoms with Gasteiger partial charge in [-0.1, -0.05) is 23.2 Å². The highest BCUT2D eigenvalue weighted by atomic mass is 35.5. The molecule has 1 heterocycles. The van der Waals surface area contributed by atoms with Crippen molar-refractivity contribution in [3.05, 3.63) is 22.4 Å². The molecule has 1 aromatic rings. The highest BCUT2D eigenvalue weighted by Crippen LogP contribution is 2.30. The molecule has 0 saturated heterocycles. The van der Waals surface area contributed by atoms with Gasteiger partial charge in [0.2, 0.25) is 0 Å². The third-order valence-electron chi connectivity index (χ3n) is 1.90. The topological polar surface area (TPSA) is 33.2 Å². The van der Waals surface area contributed by atoms with E-state index < -0.39 is 12.1 Å². The van der Waals surface area contributed by atoms with Crippen molar-refractivity contribution in [1.82, 2.24) is 4.98 Å². The summed E-state index contributed by atoms with van der Waals surface area (Å²) in [6.45, 7) is 1.21. The fourth-order valence-electron chi connectivity index (χ4n) is 1.19. The third kappa shape index (κ3) is 3.23. The highest BCUT2D eigenvalue weighted by Gasteiger charge is 2.43. The number of amides is 1. The Hall–Kier alpha value is -1.01. The average Bonchev–Trinajstić information content (AvgIpc) is 2.22. The fourth-order valence-corrected chi connectivity index (χ4v) is 1.54. The largest absolute Gasteiger partial charge is 0.471 e. The van der Waals surface area contributed by atoms with E-state index in [1.807, 2.05) is 0 Å². The molecule has 0 aromatic carbocycles. The molecule has 0 bridgehead atoms. The molecule has 0 atom stereocenters. The first-order valence-corrected chi connectivity index (χ1v) is 5.22. The van der Waals surface area contributed by atoms with E-state index in [1.54, 1.807) is 0 Å². The van der Waals surface area contributed by atoms with Gasteiger partial charge in [-0.05, 0) is 6.92 Å².